The van der Waals surface area contributed by atoms with Crippen LogP contribution in [0.5, 0.6) is 0 Å². The fourth-order valence-corrected chi connectivity index (χ4v) is 5.94. The number of hydrogen-bond donors (Lipinski definition) is 1. The van der Waals surface area contributed by atoms with E-state index in [0.717, 1.165) is 6.42 Å². The minimum absolute atomic E-state index is 0.0437. The van der Waals surface area contributed by atoms with Crippen LogP contribution in [0, 0.1) is 17.8 Å². The average molecular weight is 592 g/mol. The van der Waals surface area contributed by atoms with E-state index >= 15 is 0 Å². The highest BCUT2D eigenvalue weighted by atomic mass is 16.2. The summed E-state index contributed by atoms with van der Waals surface area (Å²) < 4.78 is 0. The molecule has 5 atom stereocenters. The molecule has 0 aromatic rings. The van der Waals surface area contributed by atoms with E-state index in [1.807, 2.05) is 27.7 Å². The van der Waals surface area contributed by atoms with Crippen LogP contribution in [0.25, 0.3) is 0 Å². The van der Waals surface area contributed by atoms with Gasteiger partial charge >= 0.3 is 6.03 Å². The van der Waals surface area contributed by atoms with Crippen molar-refractivity contribution in [1.29, 1.82) is 0 Å². The Balaban J connectivity index is 2.24. The molecule has 0 saturated carbocycles. The molecule has 2 aliphatic rings. The largest absolute Gasteiger partial charge is 0.333 e. The first-order valence-electron chi connectivity index (χ1n) is 15.6. The maximum Gasteiger partial charge on any atom is 0.324 e. The molecule has 11 heteroatoms. The van der Waals surface area contributed by atoms with Crippen molar-refractivity contribution in [1.82, 2.24) is 24.9 Å². The fourth-order valence-electron chi connectivity index (χ4n) is 5.94. The summed E-state index contributed by atoms with van der Waals surface area (Å²) in [5, 5.41) is 2.41. The van der Waals surface area contributed by atoms with Gasteiger partial charge in [-0.3, -0.25) is 24.5 Å². The average Bonchev–Trinajstić information content (AvgIpc) is 3.63. The maximum atomic E-state index is 14.0. The zero-order valence-electron chi connectivity index (χ0n) is 26.9. The van der Waals surface area contributed by atoms with Gasteiger partial charge in [-0.15, -0.1) is 0 Å². The predicted octanol–water partition coefficient (Wildman–Crippen LogP) is 3.06. The summed E-state index contributed by atoms with van der Waals surface area (Å²) in [6.45, 7) is 12.7. The molecule has 1 N–H and O–H groups in total. The van der Waals surface area contributed by atoms with Gasteiger partial charge in [-0.05, 0) is 56.3 Å². The van der Waals surface area contributed by atoms with Gasteiger partial charge in [-0.1, -0.05) is 48.0 Å². The first-order valence-corrected chi connectivity index (χ1v) is 15.6. The molecule has 0 aromatic heterocycles. The predicted molar refractivity (Wildman–Crippen MR) is 160 cm³/mol. The van der Waals surface area contributed by atoms with Gasteiger partial charge in [0, 0.05) is 33.6 Å². The highest BCUT2D eigenvalue weighted by molar-refractivity contribution is 6.00. The zero-order chi connectivity index (χ0) is 31.7. The Morgan fingerprint density at radius 2 is 1.52 bits per heavy atom. The number of carbonyl (C=O) groups excluding carboxylic acids is 6. The third-order valence-corrected chi connectivity index (χ3v) is 8.76. The number of carbonyl (C=O) groups is 6. The lowest BCUT2D eigenvalue weighted by molar-refractivity contribution is -0.152. The number of nitrogens with zero attached hydrogens (tertiary/aromatic N) is 4. The van der Waals surface area contributed by atoms with Crippen LogP contribution >= 0.6 is 0 Å². The van der Waals surface area contributed by atoms with E-state index in [2.05, 4.69) is 19.2 Å². The van der Waals surface area contributed by atoms with Gasteiger partial charge in [-0.2, -0.15) is 0 Å². The van der Waals surface area contributed by atoms with Gasteiger partial charge in [0.25, 0.3) is 5.91 Å². The van der Waals surface area contributed by atoms with Crippen LogP contribution < -0.4 is 5.32 Å². The molecular formula is C31H53N5O6. The minimum Gasteiger partial charge on any atom is -0.333 e. The summed E-state index contributed by atoms with van der Waals surface area (Å²) >= 11 is 0. The second-order valence-electron chi connectivity index (χ2n) is 12.9. The highest BCUT2D eigenvalue weighted by Gasteiger charge is 2.43. The van der Waals surface area contributed by atoms with Crippen LogP contribution in [0.15, 0.2) is 0 Å². The van der Waals surface area contributed by atoms with E-state index < -0.39 is 36.1 Å². The number of aldehydes is 1. The molecule has 42 heavy (non-hydrogen) atoms. The number of imide groups is 1. The third kappa shape index (κ3) is 8.77. The van der Waals surface area contributed by atoms with Crippen molar-refractivity contribution in [3.05, 3.63) is 0 Å². The quantitative estimate of drug-likeness (QED) is 0.328. The van der Waals surface area contributed by atoms with Gasteiger partial charge in [0.05, 0.1) is 6.04 Å². The molecule has 6 amide bonds. The van der Waals surface area contributed by atoms with Crippen molar-refractivity contribution in [3.8, 4) is 0 Å². The van der Waals surface area contributed by atoms with Crippen molar-refractivity contribution < 1.29 is 28.8 Å². The molecule has 0 radical (unpaired) electrons. The van der Waals surface area contributed by atoms with Crippen molar-refractivity contribution in [3.63, 3.8) is 0 Å². The maximum absolute atomic E-state index is 14.0. The fraction of sp³-hybridized carbons (Fsp3) is 0.806. The van der Waals surface area contributed by atoms with E-state index in [-0.39, 0.29) is 29.6 Å². The molecule has 2 heterocycles. The first kappa shape index (κ1) is 35.2. The standard InChI is InChI=1S/C31H53N5O6/c1-9-22(6)27(34(8)26(38)15-14-20(2)3)30(41)36-17-11-13-24(36)29(40)33(7)25(18-21(4)5)28(39)32-31(42)35-16-10-12-23(35)19-37/h19-25,27H,9-18H2,1-8H3,(H,32,39,42)/t22-,23?,24?,25-,27-/m0/s1. The van der Waals surface area contributed by atoms with Crippen LogP contribution in [0.3, 0.4) is 0 Å². The summed E-state index contributed by atoms with van der Waals surface area (Å²) in [4.78, 5) is 84.3. The Bertz CT molecular complexity index is 985. The number of hydrogen-bond acceptors (Lipinski definition) is 6. The summed E-state index contributed by atoms with van der Waals surface area (Å²) in [6.07, 6.45) is 5.14. The number of rotatable bonds is 13. The topological polar surface area (TPSA) is 127 Å². The Labute approximate surface area is 251 Å². The monoisotopic (exact) mass is 591 g/mol. The van der Waals surface area contributed by atoms with Gasteiger partial charge in [0.2, 0.25) is 17.7 Å². The second kappa shape index (κ2) is 16.0. The molecule has 0 spiro atoms. The van der Waals surface area contributed by atoms with Crippen LogP contribution in [0.1, 0.15) is 92.9 Å². The molecule has 238 valence electrons. The molecule has 2 rings (SSSR count). The summed E-state index contributed by atoms with van der Waals surface area (Å²) in [7, 11) is 3.21. The van der Waals surface area contributed by atoms with E-state index in [0.29, 0.717) is 70.2 Å². The SMILES string of the molecule is CC[C@H](C)[C@@H](C(=O)N1CCCC1C(=O)N(C)[C@@H](CC(C)C)C(=O)NC(=O)N1CCCC1C=O)N(C)C(=O)CCC(C)C. The van der Waals surface area contributed by atoms with E-state index in [4.69, 9.17) is 0 Å². The molecule has 0 aliphatic carbocycles. The Morgan fingerprint density at radius 1 is 0.905 bits per heavy atom. The molecule has 2 fully saturated rings. The summed E-state index contributed by atoms with van der Waals surface area (Å²) in [5.74, 6) is -1.00. The van der Waals surface area contributed by atoms with Crippen molar-refractivity contribution in [2.24, 2.45) is 17.8 Å². The van der Waals surface area contributed by atoms with Crippen molar-refractivity contribution in [2.75, 3.05) is 27.2 Å². The van der Waals surface area contributed by atoms with E-state index in [9.17, 15) is 28.8 Å². The van der Waals surface area contributed by atoms with Crippen LogP contribution in [0.4, 0.5) is 4.79 Å². The van der Waals surface area contributed by atoms with Crippen LogP contribution in [-0.4, -0.2) is 107 Å². The first-order chi connectivity index (χ1) is 19.7. The molecule has 2 saturated heterocycles. The zero-order valence-corrected chi connectivity index (χ0v) is 26.9. The highest BCUT2D eigenvalue weighted by Crippen LogP contribution is 2.26. The minimum atomic E-state index is -0.929. The number of amides is 6. The molecule has 11 nitrogen and oxygen atoms in total. The van der Waals surface area contributed by atoms with Gasteiger partial charge in [-0.25, -0.2) is 4.79 Å². The van der Waals surface area contributed by atoms with Crippen molar-refractivity contribution >= 4 is 35.9 Å². The molecule has 0 bridgehead atoms. The summed E-state index contributed by atoms with van der Waals surface area (Å²) in [5.41, 5.74) is 0. The summed E-state index contributed by atoms with van der Waals surface area (Å²) in [6, 6.07) is -3.57. The Morgan fingerprint density at radius 3 is 2.10 bits per heavy atom. The van der Waals surface area contributed by atoms with E-state index in [1.54, 1.807) is 16.8 Å². The lowest BCUT2D eigenvalue weighted by Crippen LogP contribution is -2.59. The Hall–Kier alpha value is -2.98. The van der Waals surface area contributed by atoms with Crippen molar-refractivity contribution in [2.45, 2.75) is 117 Å². The normalized spacial score (nSPS) is 20.8. The van der Waals surface area contributed by atoms with Gasteiger partial charge in [0.15, 0.2) is 0 Å². The number of nitrogens with one attached hydrogen (secondary N) is 1. The number of likely N-dealkylation sites (tertiary alicyclic amines) is 2. The lowest BCUT2D eigenvalue weighted by atomic mass is 9.95. The second-order valence-corrected chi connectivity index (χ2v) is 12.9. The lowest BCUT2D eigenvalue weighted by Gasteiger charge is -2.38. The molecule has 2 unspecified atom stereocenters. The van der Waals surface area contributed by atoms with Gasteiger partial charge in [0.1, 0.15) is 24.4 Å². The molecule has 2 aliphatic heterocycles. The number of urea groups is 1. The van der Waals surface area contributed by atoms with Gasteiger partial charge < -0.3 is 24.4 Å². The third-order valence-electron chi connectivity index (χ3n) is 8.76. The molecule has 0 aromatic carbocycles. The van der Waals surface area contributed by atoms with Crippen LogP contribution in [-0.2, 0) is 24.0 Å². The number of likely N-dealkylation sites (N-methyl/N-ethyl adjacent to an activating group) is 2. The van der Waals surface area contributed by atoms with E-state index in [1.165, 1.54) is 16.8 Å². The smallest absolute Gasteiger partial charge is 0.324 e. The molecular weight excluding hydrogens is 538 g/mol. The van der Waals surface area contributed by atoms with Crippen LogP contribution in [0.2, 0.25) is 0 Å². The Kier molecular flexibility index (Phi) is 13.4.